The summed E-state index contributed by atoms with van der Waals surface area (Å²) < 4.78 is 5.12. The molecule has 0 heterocycles. The van der Waals surface area contributed by atoms with Crippen molar-refractivity contribution in [1.82, 2.24) is 0 Å². The maximum Gasteiger partial charge on any atom is 0.341 e. The zero-order chi connectivity index (χ0) is 14.8. The zero-order valence-corrected chi connectivity index (χ0v) is 11.9. The van der Waals surface area contributed by atoms with Gasteiger partial charge in [0.05, 0.1) is 5.97 Å². The summed E-state index contributed by atoms with van der Waals surface area (Å²) in [6.45, 7) is 10.5. The van der Waals surface area contributed by atoms with Gasteiger partial charge in [-0.25, -0.2) is 14.6 Å². The number of esters is 1. The van der Waals surface area contributed by atoms with Crippen molar-refractivity contribution in [3.63, 3.8) is 0 Å². The first-order valence-corrected chi connectivity index (χ1v) is 5.60. The summed E-state index contributed by atoms with van der Waals surface area (Å²) in [4.78, 5) is 32.1. The fourth-order valence-electron chi connectivity index (χ4n) is 0.677. The highest BCUT2D eigenvalue weighted by atomic mass is 17.2. The van der Waals surface area contributed by atoms with E-state index in [-0.39, 0.29) is 0 Å². The summed E-state index contributed by atoms with van der Waals surface area (Å²) in [7, 11) is 0. The Bertz CT molecular complexity index is 324. The van der Waals surface area contributed by atoms with Gasteiger partial charge in [-0.05, 0) is 48.5 Å². The van der Waals surface area contributed by atoms with Crippen LogP contribution in [-0.2, 0) is 24.1 Å². The van der Waals surface area contributed by atoms with E-state index in [9.17, 15) is 14.7 Å². The van der Waals surface area contributed by atoms with Gasteiger partial charge < -0.3 is 14.6 Å². The molecule has 6 heteroatoms. The summed E-state index contributed by atoms with van der Waals surface area (Å²) in [6, 6.07) is 0. The van der Waals surface area contributed by atoms with Gasteiger partial charge in [0.15, 0.2) is 5.60 Å². The smallest absolute Gasteiger partial charge is 0.341 e. The van der Waals surface area contributed by atoms with Crippen LogP contribution in [0.3, 0.4) is 0 Å². The van der Waals surface area contributed by atoms with Crippen LogP contribution in [-0.4, -0.2) is 28.7 Å². The molecule has 0 aromatic heterocycles. The maximum atomic E-state index is 11.8. The van der Waals surface area contributed by atoms with E-state index in [1.807, 2.05) is 0 Å². The molecule has 0 aliphatic heterocycles. The number of rotatable bonds is 5. The molecule has 0 fully saturated rings. The number of aliphatic carboxylic acids is 1. The first kappa shape index (κ1) is 16.9. The topological polar surface area (TPSA) is 84.9 Å². The molecule has 0 saturated heterocycles. The summed E-state index contributed by atoms with van der Waals surface area (Å²) in [5, 5.41) is 10.7. The zero-order valence-electron chi connectivity index (χ0n) is 11.9. The predicted octanol–water partition coefficient (Wildman–Crippen LogP) is 0.583. The minimum absolute atomic E-state index is 0.649. The molecule has 0 aliphatic carbocycles. The van der Waals surface area contributed by atoms with E-state index in [0.717, 1.165) is 0 Å². The second kappa shape index (κ2) is 5.24. The molecule has 0 saturated carbocycles. The van der Waals surface area contributed by atoms with Crippen LogP contribution in [0.4, 0.5) is 0 Å². The Hall–Kier alpha value is -1.14. The van der Waals surface area contributed by atoms with E-state index in [1.165, 1.54) is 27.7 Å². The van der Waals surface area contributed by atoms with Gasteiger partial charge in [0.25, 0.3) is 0 Å². The van der Waals surface area contributed by atoms with Gasteiger partial charge in [0, 0.05) is 0 Å². The second-order valence-corrected chi connectivity index (χ2v) is 5.98. The van der Waals surface area contributed by atoms with Crippen LogP contribution >= 0.6 is 0 Å². The molecule has 0 aliphatic rings. The van der Waals surface area contributed by atoms with E-state index in [2.05, 4.69) is 0 Å². The van der Waals surface area contributed by atoms with Crippen LogP contribution in [0.2, 0.25) is 0 Å². The Kier molecular flexibility index (Phi) is 4.91. The molecule has 18 heavy (non-hydrogen) atoms. The van der Waals surface area contributed by atoms with Gasteiger partial charge in [-0.15, -0.1) is 0 Å². The molecule has 0 rings (SSSR count). The van der Waals surface area contributed by atoms with Crippen molar-refractivity contribution in [2.24, 2.45) is 0 Å². The lowest BCUT2D eigenvalue weighted by Crippen LogP contribution is -2.49. The van der Waals surface area contributed by atoms with Crippen LogP contribution in [0, 0.1) is 0 Å². The van der Waals surface area contributed by atoms with Crippen LogP contribution in [0.5, 0.6) is 0 Å². The molecule has 0 atom stereocenters. The number of hydrogen-bond donors (Lipinski definition) is 0. The molecule has 0 bridgehead atoms. The van der Waals surface area contributed by atoms with E-state index in [0.29, 0.717) is 0 Å². The van der Waals surface area contributed by atoms with Gasteiger partial charge in [-0.3, -0.25) is 0 Å². The summed E-state index contributed by atoms with van der Waals surface area (Å²) >= 11 is 0. The number of carbonyl (C=O) groups excluding carboxylic acids is 2. The number of hydrogen-bond acceptors (Lipinski definition) is 6. The largest absolute Gasteiger partial charge is 0.547 e. The Morgan fingerprint density at radius 3 is 1.56 bits per heavy atom. The molecular formula is C12H21O6-. The normalized spacial score (nSPS) is 13.3. The Balaban J connectivity index is 4.58. The average molecular weight is 261 g/mol. The molecule has 0 unspecified atom stereocenters. The second-order valence-electron chi connectivity index (χ2n) is 5.98. The fraction of sp³-hybridized carbons (Fsp3) is 0.833. The van der Waals surface area contributed by atoms with Crippen molar-refractivity contribution in [2.75, 3.05) is 0 Å². The van der Waals surface area contributed by atoms with Crippen molar-refractivity contribution in [3.8, 4) is 0 Å². The van der Waals surface area contributed by atoms with Gasteiger partial charge in [-0.1, -0.05) is 0 Å². The van der Waals surface area contributed by atoms with E-state index in [1.54, 1.807) is 20.8 Å². The lowest BCUT2D eigenvalue weighted by Gasteiger charge is -2.31. The van der Waals surface area contributed by atoms with E-state index in [4.69, 9.17) is 14.5 Å². The molecule has 0 N–H and O–H groups in total. The lowest BCUT2D eigenvalue weighted by atomic mass is 10.1. The van der Waals surface area contributed by atoms with Gasteiger partial charge >= 0.3 is 5.97 Å². The molecule has 6 nitrogen and oxygen atoms in total. The summed E-state index contributed by atoms with van der Waals surface area (Å²) in [6.07, 6.45) is 0. The van der Waals surface area contributed by atoms with Crippen molar-refractivity contribution in [3.05, 3.63) is 0 Å². The van der Waals surface area contributed by atoms with Crippen LogP contribution in [0.25, 0.3) is 0 Å². The highest BCUT2D eigenvalue weighted by Gasteiger charge is 2.37. The quantitative estimate of drug-likeness (QED) is 0.409. The van der Waals surface area contributed by atoms with Gasteiger partial charge in [0.2, 0.25) is 0 Å². The number of carboxylic acids is 1. The maximum absolute atomic E-state index is 11.8. The highest BCUT2D eigenvalue weighted by molar-refractivity contribution is 5.79. The minimum atomic E-state index is -1.65. The number of ether oxygens (including phenoxy) is 1. The first-order chi connectivity index (χ1) is 7.78. The molecule has 0 aromatic carbocycles. The standard InChI is InChI=1S/C12H22O6/c1-10(2,3)16-9(15)12(6,7)18-17-11(4,5)8(13)14/h1-7H3,(H,13,14)/p-1. The summed E-state index contributed by atoms with van der Waals surface area (Å²) in [5.41, 5.74) is -3.74. The first-order valence-electron chi connectivity index (χ1n) is 5.60. The van der Waals surface area contributed by atoms with Crippen molar-refractivity contribution in [1.29, 1.82) is 0 Å². The molecule has 0 aromatic rings. The number of carbonyl (C=O) groups is 2. The van der Waals surface area contributed by atoms with E-state index >= 15 is 0 Å². The predicted molar refractivity (Wildman–Crippen MR) is 61.2 cm³/mol. The average Bonchev–Trinajstić information content (AvgIpc) is 2.12. The van der Waals surface area contributed by atoms with Crippen LogP contribution < -0.4 is 5.11 Å². The van der Waals surface area contributed by atoms with Crippen molar-refractivity contribution >= 4 is 11.9 Å². The number of carboxylic acid groups (broad SMARTS) is 1. The Labute approximate surface area is 107 Å². The van der Waals surface area contributed by atoms with Gasteiger partial charge in [0.1, 0.15) is 11.2 Å². The van der Waals surface area contributed by atoms with E-state index < -0.39 is 28.7 Å². The molecular weight excluding hydrogens is 240 g/mol. The third kappa shape index (κ3) is 5.46. The SMILES string of the molecule is CC(C)(C)OC(=O)C(C)(C)OOC(C)(C)C(=O)[O-]. The Morgan fingerprint density at radius 1 is 0.833 bits per heavy atom. The third-order valence-electron chi connectivity index (χ3n) is 1.84. The highest BCUT2D eigenvalue weighted by Crippen LogP contribution is 2.20. The monoisotopic (exact) mass is 261 g/mol. The van der Waals surface area contributed by atoms with Crippen LogP contribution in [0.1, 0.15) is 48.5 Å². The van der Waals surface area contributed by atoms with Crippen molar-refractivity contribution < 1.29 is 29.2 Å². The fourth-order valence-corrected chi connectivity index (χ4v) is 0.677. The molecule has 106 valence electrons. The third-order valence-corrected chi connectivity index (χ3v) is 1.84. The lowest BCUT2D eigenvalue weighted by molar-refractivity contribution is -0.411. The Morgan fingerprint density at radius 2 is 1.22 bits per heavy atom. The van der Waals surface area contributed by atoms with Crippen molar-refractivity contribution in [2.45, 2.75) is 65.3 Å². The summed E-state index contributed by atoms with van der Waals surface area (Å²) in [5.74, 6) is -2.09. The van der Waals surface area contributed by atoms with Gasteiger partial charge in [-0.2, -0.15) is 0 Å². The molecule has 0 amide bonds. The van der Waals surface area contributed by atoms with Crippen LogP contribution in [0.15, 0.2) is 0 Å². The minimum Gasteiger partial charge on any atom is -0.547 e. The molecule has 0 radical (unpaired) electrons. The molecule has 0 spiro atoms.